The molecule has 0 radical (unpaired) electrons. The summed E-state index contributed by atoms with van der Waals surface area (Å²) in [4.78, 5) is 24.0. The summed E-state index contributed by atoms with van der Waals surface area (Å²) >= 11 is 6.22. The number of carbonyl (C=O) groups is 1. The van der Waals surface area contributed by atoms with Crippen molar-refractivity contribution in [3.63, 3.8) is 0 Å². The van der Waals surface area contributed by atoms with E-state index in [-0.39, 0.29) is 5.78 Å². The van der Waals surface area contributed by atoms with Crippen molar-refractivity contribution in [2.24, 2.45) is 0 Å². The van der Waals surface area contributed by atoms with Crippen LogP contribution >= 0.6 is 11.6 Å². The Kier molecular flexibility index (Phi) is 4.65. The van der Waals surface area contributed by atoms with Crippen molar-refractivity contribution >= 4 is 29.2 Å². The number of halogens is 1. The number of methoxy groups -OCH3 is 1. The van der Waals surface area contributed by atoms with Crippen molar-refractivity contribution in [1.29, 1.82) is 0 Å². The summed E-state index contributed by atoms with van der Waals surface area (Å²) < 4.78 is 5.19. The van der Waals surface area contributed by atoms with E-state index in [0.717, 1.165) is 11.1 Å². The molecule has 0 unspecified atom stereocenters. The van der Waals surface area contributed by atoms with Crippen LogP contribution in [-0.4, -0.2) is 37.0 Å². The summed E-state index contributed by atoms with van der Waals surface area (Å²) in [5, 5.41) is 3.82. The van der Waals surface area contributed by atoms with Gasteiger partial charge in [0.25, 0.3) is 0 Å². The molecule has 0 atom stereocenters. The lowest BCUT2D eigenvalue weighted by Gasteiger charge is -2.16. The Bertz CT molecular complexity index is 1080. The number of anilines is 2. The van der Waals surface area contributed by atoms with Gasteiger partial charge in [-0.3, -0.25) is 4.79 Å². The summed E-state index contributed by atoms with van der Waals surface area (Å²) in [7, 11) is 5.32. The second-order valence-corrected chi connectivity index (χ2v) is 7.09. The van der Waals surface area contributed by atoms with Crippen LogP contribution in [0, 0.1) is 0 Å². The van der Waals surface area contributed by atoms with Crippen LogP contribution in [0.2, 0.25) is 5.02 Å². The van der Waals surface area contributed by atoms with Gasteiger partial charge in [-0.1, -0.05) is 41.9 Å². The molecular formula is C21H19ClN4O2. The Morgan fingerprint density at radius 1 is 1.11 bits per heavy atom. The number of carbonyl (C=O) groups excluding carboxylic acids is 1. The number of benzene rings is 2. The fourth-order valence-electron chi connectivity index (χ4n) is 3.21. The summed E-state index contributed by atoms with van der Waals surface area (Å²) in [5.74, 6) is 1.61. The first-order chi connectivity index (χ1) is 13.5. The Morgan fingerprint density at radius 2 is 1.86 bits per heavy atom. The van der Waals surface area contributed by atoms with Gasteiger partial charge in [0.2, 0.25) is 5.95 Å². The zero-order valence-corrected chi connectivity index (χ0v) is 16.5. The molecule has 0 aliphatic heterocycles. The van der Waals surface area contributed by atoms with E-state index in [1.165, 1.54) is 0 Å². The molecule has 0 fully saturated rings. The second kappa shape index (κ2) is 7.13. The number of aromatic nitrogens is 2. The molecule has 0 saturated heterocycles. The fraction of sp³-hybridized carbons (Fsp3) is 0.190. The van der Waals surface area contributed by atoms with Gasteiger partial charge in [-0.2, -0.15) is 4.98 Å². The number of nitrogens with zero attached hydrogens (tertiary/aromatic N) is 3. The number of rotatable bonds is 5. The average molecular weight is 395 g/mol. The number of hydrogen-bond acceptors (Lipinski definition) is 6. The zero-order chi connectivity index (χ0) is 19.8. The summed E-state index contributed by atoms with van der Waals surface area (Å²) in [5.41, 5.74) is 3.61. The number of ether oxygens (including phenoxy) is 1. The molecule has 142 valence electrons. The SMILES string of the molecule is COc1ccc(CNc2nc(N(C)C)nc3c2C(=O)c2ccccc2-3)cc1Cl. The lowest BCUT2D eigenvalue weighted by Crippen LogP contribution is -2.16. The van der Waals surface area contributed by atoms with Crippen molar-refractivity contribution in [2.75, 3.05) is 31.4 Å². The van der Waals surface area contributed by atoms with Gasteiger partial charge >= 0.3 is 0 Å². The van der Waals surface area contributed by atoms with Gasteiger partial charge in [0.05, 0.1) is 23.4 Å². The number of ketones is 1. The lowest BCUT2D eigenvalue weighted by molar-refractivity contribution is 0.104. The van der Waals surface area contributed by atoms with Gasteiger partial charge in [-0.25, -0.2) is 4.98 Å². The minimum Gasteiger partial charge on any atom is -0.495 e. The highest BCUT2D eigenvalue weighted by atomic mass is 35.5. The number of fused-ring (bicyclic) bond motifs is 3. The predicted molar refractivity (Wildman–Crippen MR) is 111 cm³/mol. The van der Waals surface area contributed by atoms with Gasteiger partial charge in [0.15, 0.2) is 5.78 Å². The first-order valence-electron chi connectivity index (χ1n) is 8.79. The Labute approximate surface area is 168 Å². The topological polar surface area (TPSA) is 67.3 Å². The van der Waals surface area contributed by atoms with Crippen LogP contribution in [0.5, 0.6) is 5.75 Å². The van der Waals surface area contributed by atoms with Crippen molar-refractivity contribution in [1.82, 2.24) is 9.97 Å². The highest BCUT2D eigenvalue weighted by Crippen LogP contribution is 2.39. The van der Waals surface area contributed by atoms with Gasteiger partial charge < -0.3 is 15.0 Å². The summed E-state index contributed by atoms with van der Waals surface area (Å²) in [6, 6.07) is 13.1. The molecule has 0 saturated carbocycles. The normalized spacial score (nSPS) is 11.8. The molecule has 1 aliphatic rings. The minimum absolute atomic E-state index is 0.0637. The minimum atomic E-state index is -0.0637. The second-order valence-electron chi connectivity index (χ2n) is 6.69. The Morgan fingerprint density at radius 3 is 2.54 bits per heavy atom. The standard InChI is InChI=1S/C21H19ClN4O2/c1-26(2)21-24-18-13-6-4-5-7-14(13)19(27)17(18)20(25-21)23-11-12-8-9-16(28-3)15(22)10-12/h4-10H,11H2,1-3H3,(H,23,24,25). The Balaban J connectivity index is 1.73. The van der Waals surface area contributed by atoms with Crippen LogP contribution in [-0.2, 0) is 6.54 Å². The van der Waals surface area contributed by atoms with Gasteiger partial charge in [-0.15, -0.1) is 0 Å². The maximum Gasteiger partial charge on any atom is 0.227 e. The van der Waals surface area contributed by atoms with E-state index in [1.807, 2.05) is 61.5 Å². The molecule has 3 aromatic rings. The summed E-state index contributed by atoms with van der Waals surface area (Å²) in [6.45, 7) is 0.462. The van der Waals surface area contributed by atoms with Crippen LogP contribution in [0.15, 0.2) is 42.5 Å². The fourth-order valence-corrected chi connectivity index (χ4v) is 3.50. The Hall–Kier alpha value is -3.12. The van der Waals surface area contributed by atoms with E-state index >= 15 is 0 Å². The monoisotopic (exact) mass is 394 g/mol. The third-order valence-electron chi connectivity index (χ3n) is 4.63. The molecule has 1 heterocycles. The summed E-state index contributed by atoms with van der Waals surface area (Å²) in [6.07, 6.45) is 0. The van der Waals surface area contributed by atoms with Gasteiger partial charge in [-0.05, 0) is 17.7 Å². The smallest absolute Gasteiger partial charge is 0.227 e. The van der Waals surface area contributed by atoms with E-state index in [4.69, 9.17) is 16.3 Å². The molecule has 4 rings (SSSR count). The van der Waals surface area contributed by atoms with Crippen molar-refractivity contribution in [3.8, 4) is 17.0 Å². The third kappa shape index (κ3) is 3.05. The molecule has 0 bridgehead atoms. The van der Waals surface area contributed by atoms with E-state index in [1.54, 1.807) is 7.11 Å². The highest BCUT2D eigenvalue weighted by molar-refractivity contribution is 6.32. The first kappa shape index (κ1) is 18.3. The van der Waals surface area contributed by atoms with Crippen LogP contribution in [0.4, 0.5) is 11.8 Å². The average Bonchev–Trinajstić information content (AvgIpc) is 2.99. The molecule has 2 aromatic carbocycles. The number of nitrogens with one attached hydrogen (secondary N) is 1. The molecule has 0 spiro atoms. The van der Waals surface area contributed by atoms with Crippen LogP contribution in [0.3, 0.4) is 0 Å². The third-order valence-corrected chi connectivity index (χ3v) is 4.92. The van der Waals surface area contributed by atoms with E-state index in [0.29, 0.717) is 45.9 Å². The molecule has 6 nitrogen and oxygen atoms in total. The highest BCUT2D eigenvalue weighted by Gasteiger charge is 2.32. The zero-order valence-electron chi connectivity index (χ0n) is 15.8. The predicted octanol–water partition coefficient (Wildman–Crippen LogP) is 4.03. The van der Waals surface area contributed by atoms with Crippen molar-refractivity contribution in [2.45, 2.75) is 6.54 Å². The van der Waals surface area contributed by atoms with Crippen molar-refractivity contribution < 1.29 is 9.53 Å². The van der Waals surface area contributed by atoms with Crippen LogP contribution in [0.25, 0.3) is 11.3 Å². The molecule has 0 amide bonds. The molecular weight excluding hydrogens is 376 g/mol. The van der Waals surface area contributed by atoms with Gasteiger partial charge in [0, 0.05) is 31.8 Å². The largest absolute Gasteiger partial charge is 0.495 e. The van der Waals surface area contributed by atoms with Crippen molar-refractivity contribution in [3.05, 3.63) is 64.2 Å². The molecule has 1 aliphatic carbocycles. The lowest BCUT2D eigenvalue weighted by atomic mass is 10.1. The molecule has 1 N–H and O–H groups in total. The molecule has 28 heavy (non-hydrogen) atoms. The van der Waals surface area contributed by atoms with E-state index in [2.05, 4.69) is 15.3 Å². The van der Waals surface area contributed by atoms with Gasteiger partial charge in [0.1, 0.15) is 11.6 Å². The molecule has 7 heteroatoms. The number of hydrogen-bond donors (Lipinski definition) is 1. The quantitative estimate of drug-likeness (QED) is 0.551. The van der Waals surface area contributed by atoms with E-state index in [9.17, 15) is 4.79 Å². The van der Waals surface area contributed by atoms with E-state index < -0.39 is 0 Å². The first-order valence-corrected chi connectivity index (χ1v) is 9.17. The van der Waals surface area contributed by atoms with Crippen LogP contribution in [0.1, 0.15) is 21.5 Å². The molecule has 1 aromatic heterocycles. The van der Waals surface area contributed by atoms with Crippen LogP contribution < -0.4 is 15.0 Å². The maximum absolute atomic E-state index is 13.0. The maximum atomic E-state index is 13.0.